The molecule has 24 heavy (non-hydrogen) atoms. The molecule has 1 amide bonds. The van der Waals surface area contributed by atoms with Crippen molar-refractivity contribution >= 4 is 39.2 Å². The normalized spacial score (nSPS) is 11.8. The second-order valence-corrected chi connectivity index (χ2v) is 7.23. The van der Waals surface area contributed by atoms with E-state index >= 15 is 0 Å². The molecule has 0 radical (unpaired) electrons. The molecule has 3 rings (SSSR count). The van der Waals surface area contributed by atoms with Crippen molar-refractivity contribution in [3.63, 3.8) is 0 Å². The number of amides is 1. The molecule has 3 nitrogen and oxygen atoms in total. The summed E-state index contributed by atoms with van der Waals surface area (Å²) < 4.78 is 3.16. The third-order valence-corrected chi connectivity index (χ3v) is 5.51. The van der Waals surface area contributed by atoms with Crippen molar-refractivity contribution in [3.05, 3.63) is 77.6 Å². The second kappa shape index (κ2) is 8.13. The molecule has 0 aliphatic heterocycles. The number of benzene rings is 2. The van der Waals surface area contributed by atoms with Crippen LogP contribution in [0.5, 0.6) is 0 Å². The predicted octanol–water partition coefficient (Wildman–Crippen LogP) is 4.25. The molecule has 122 valence electrons. The molecule has 0 atom stereocenters. The molecule has 0 aliphatic rings. The van der Waals surface area contributed by atoms with Gasteiger partial charge in [-0.1, -0.05) is 59.9 Å². The molecule has 0 saturated carbocycles. The van der Waals surface area contributed by atoms with Crippen molar-refractivity contribution in [1.29, 1.82) is 0 Å². The Morgan fingerprint density at radius 1 is 1.17 bits per heavy atom. The number of para-hydroxylation sites is 1. The lowest BCUT2D eigenvalue weighted by Crippen LogP contribution is -2.16. The van der Waals surface area contributed by atoms with Crippen LogP contribution in [-0.4, -0.2) is 16.2 Å². The lowest BCUT2D eigenvalue weighted by molar-refractivity contribution is -0.115. The first-order valence-corrected chi connectivity index (χ1v) is 9.63. The van der Waals surface area contributed by atoms with Crippen molar-refractivity contribution in [3.8, 4) is 0 Å². The summed E-state index contributed by atoms with van der Waals surface area (Å²) in [5.74, 6) is 1.11. The highest BCUT2D eigenvalue weighted by Gasteiger charge is 2.06. The average Bonchev–Trinajstić information content (AvgIpc) is 2.94. The molecule has 5 heteroatoms. The molecule has 1 heterocycles. The smallest absolute Gasteiger partial charge is 0.258 e. The molecular weight excluding hydrogens is 336 g/mol. The van der Waals surface area contributed by atoms with Gasteiger partial charge >= 0.3 is 0 Å². The van der Waals surface area contributed by atoms with Crippen molar-refractivity contribution in [2.75, 3.05) is 5.75 Å². The highest BCUT2D eigenvalue weighted by Crippen LogP contribution is 2.17. The molecule has 0 saturated heterocycles. The maximum absolute atomic E-state index is 12.2. The SMILES string of the molecule is C=CCn1c(=NC(=O)CSCc2ccccc2)sc2ccccc21. The number of hydrogen-bond acceptors (Lipinski definition) is 3. The van der Waals surface area contributed by atoms with Crippen LogP contribution in [0.1, 0.15) is 5.56 Å². The number of thiazole rings is 1. The summed E-state index contributed by atoms with van der Waals surface area (Å²) in [5.41, 5.74) is 2.31. The summed E-state index contributed by atoms with van der Waals surface area (Å²) in [6, 6.07) is 18.2. The Labute approximate surface area is 149 Å². The zero-order valence-electron chi connectivity index (χ0n) is 13.2. The molecule has 2 aromatic carbocycles. The summed E-state index contributed by atoms with van der Waals surface area (Å²) in [6.07, 6.45) is 1.83. The number of aromatic nitrogens is 1. The predicted molar refractivity (Wildman–Crippen MR) is 103 cm³/mol. The first kappa shape index (κ1) is 16.7. The Bertz CT molecular complexity index is 910. The number of fused-ring (bicyclic) bond motifs is 1. The number of allylic oxidation sites excluding steroid dienone is 1. The van der Waals surface area contributed by atoms with Crippen LogP contribution in [0.2, 0.25) is 0 Å². The van der Waals surface area contributed by atoms with Crippen LogP contribution in [-0.2, 0) is 17.1 Å². The summed E-state index contributed by atoms with van der Waals surface area (Å²) in [6.45, 7) is 4.45. The highest BCUT2D eigenvalue weighted by atomic mass is 32.2. The zero-order valence-corrected chi connectivity index (χ0v) is 14.9. The van der Waals surface area contributed by atoms with Gasteiger partial charge in [0.05, 0.1) is 16.0 Å². The standard InChI is InChI=1S/C19H18N2OS2/c1-2-12-21-16-10-6-7-11-17(16)24-19(21)20-18(22)14-23-13-15-8-4-3-5-9-15/h2-11H,1,12-14H2. The first-order chi connectivity index (χ1) is 11.8. The molecule has 0 spiro atoms. The van der Waals surface area contributed by atoms with E-state index in [-0.39, 0.29) is 5.91 Å². The minimum absolute atomic E-state index is 0.0969. The molecule has 0 aliphatic carbocycles. The van der Waals surface area contributed by atoms with E-state index < -0.39 is 0 Å². The van der Waals surface area contributed by atoms with Crippen LogP contribution in [0.3, 0.4) is 0 Å². The maximum Gasteiger partial charge on any atom is 0.258 e. The van der Waals surface area contributed by atoms with Crippen molar-refractivity contribution in [1.82, 2.24) is 4.57 Å². The number of hydrogen-bond donors (Lipinski definition) is 0. The van der Waals surface area contributed by atoms with Crippen LogP contribution >= 0.6 is 23.1 Å². The van der Waals surface area contributed by atoms with E-state index in [2.05, 4.69) is 23.7 Å². The van der Waals surface area contributed by atoms with E-state index in [0.717, 1.165) is 20.8 Å². The van der Waals surface area contributed by atoms with Crippen molar-refractivity contribution in [2.24, 2.45) is 4.99 Å². The van der Waals surface area contributed by atoms with Crippen molar-refractivity contribution in [2.45, 2.75) is 12.3 Å². The topological polar surface area (TPSA) is 34.4 Å². The molecule has 0 bridgehead atoms. The molecule has 0 fully saturated rings. The summed E-state index contributed by atoms with van der Waals surface area (Å²) >= 11 is 3.13. The van der Waals surface area contributed by atoms with Crippen LogP contribution in [0.15, 0.2) is 72.2 Å². The van der Waals surface area contributed by atoms with Gasteiger partial charge in [0.1, 0.15) is 0 Å². The molecule has 0 N–H and O–H groups in total. The lowest BCUT2D eigenvalue weighted by atomic mass is 10.2. The second-order valence-electron chi connectivity index (χ2n) is 5.24. The lowest BCUT2D eigenvalue weighted by Gasteiger charge is -2.01. The Morgan fingerprint density at radius 3 is 2.71 bits per heavy atom. The highest BCUT2D eigenvalue weighted by molar-refractivity contribution is 7.99. The quantitative estimate of drug-likeness (QED) is 0.620. The summed E-state index contributed by atoms with van der Waals surface area (Å²) in [7, 11) is 0. The van der Waals surface area contributed by atoms with Gasteiger partial charge in [0.25, 0.3) is 5.91 Å². The Morgan fingerprint density at radius 2 is 1.92 bits per heavy atom. The number of thioether (sulfide) groups is 1. The van der Waals surface area contributed by atoms with Gasteiger partial charge in [0.15, 0.2) is 4.80 Å². The Kier molecular flexibility index (Phi) is 5.67. The van der Waals surface area contributed by atoms with E-state index in [1.54, 1.807) is 23.1 Å². The minimum atomic E-state index is -0.0969. The summed E-state index contributed by atoms with van der Waals surface area (Å²) in [4.78, 5) is 17.3. The van der Waals surface area contributed by atoms with E-state index in [1.165, 1.54) is 5.56 Å². The fourth-order valence-corrected chi connectivity index (χ4v) is 4.21. The molecule has 0 unspecified atom stereocenters. The number of carbonyl (C=O) groups is 1. The van der Waals surface area contributed by atoms with E-state index in [9.17, 15) is 4.79 Å². The molecular formula is C19H18N2OS2. The third kappa shape index (κ3) is 4.04. The first-order valence-electron chi connectivity index (χ1n) is 7.66. The van der Waals surface area contributed by atoms with E-state index in [1.807, 2.05) is 53.1 Å². The van der Waals surface area contributed by atoms with Gasteiger partial charge in [-0.2, -0.15) is 4.99 Å². The number of rotatable bonds is 6. The van der Waals surface area contributed by atoms with Gasteiger partial charge in [0.2, 0.25) is 0 Å². The molecule has 1 aromatic heterocycles. The van der Waals surface area contributed by atoms with Gasteiger partial charge in [0, 0.05) is 12.3 Å². The Hall–Kier alpha value is -2.11. The Balaban J connectivity index is 1.75. The molecule has 3 aromatic rings. The monoisotopic (exact) mass is 354 g/mol. The maximum atomic E-state index is 12.2. The fourth-order valence-electron chi connectivity index (χ4n) is 2.38. The van der Waals surface area contributed by atoms with E-state index in [4.69, 9.17) is 0 Å². The van der Waals surface area contributed by atoms with Crippen LogP contribution in [0.25, 0.3) is 10.2 Å². The third-order valence-electron chi connectivity index (χ3n) is 3.46. The van der Waals surface area contributed by atoms with Gasteiger partial charge in [-0.05, 0) is 17.7 Å². The fraction of sp³-hybridized carbons (Fsp3) is 0.158. The van der Waals surface area contributed by atoms with Gasteiger partial charge in [-0.25, -0.2) is 0 Å². The van der Waals surface area contributed by atoms with Crippen LogP contribution in [0, 0.1) is 0 Å². The number of carbonyl (C=O) groups excluding carboxylic acids is 1. The zero-order chi connectivity index (χ0) is 16.8. The average molecular weight is 355 g/mol. The number of nitrogens with zero attached hydrogens (tertiary/aromatic N) is 2. The minimum Gasteiger partial charge on any atom is -0.313 e. The van der Waals surface area contributed by atoms with Gasteiger partial charge in [-0.15, -0.1) is 18.3 Å². The largest absolute Gasteiger partial charge is 0.313 e. The van der Waals surface area contributed by atoms with Crippen molar-refractivity contribution < 1.29 is 4.79 Å². The summed E-state index contributed by atoms with van der Waals surface area (Å²) in [5, 5.41) is 0. The van der Waals surface area contributed by atoms with Gasteiger partial charge < -0.3 is 4.57 Å². The van der Waals surface area contributed by atoms with E-state index in [0.29, 0.717) is 12.3 Å². The van der Waals surface area contributed by atoms with Crippen LogP contribution in [0.4, 0.5) is 0 Å². The van der Waals surface area contributed by atoms with Crippen LogP contribution < -0.4 is 4.80 Å². The van der Waals surface area contributed by atoms with Gasteiger partial charge in [-0.3, -0.25) is 4.79 Å².